The SMILES string of the molecule is CC(=CCO)C1Oc2[nH]cc(-c3ccccc3)c(=O)c2C1(C)C=O. The van der Waals surface area contributed by atoms with E-state index in [2.05, 4.69) is 4.98 Å². The lowest BCUT2D eigenvalue weighted by molar-refractivity contribution is -0.113. The monoisotopic (exact) mass is 325 g/mol. The molecule has 0 radical (unpaired) electrons. The molecule has 2 unspecified atom stereocenters. The topological polar surface area (TPSA) is 79.4 Å². The molecule has 2 heterocycles. The summed E-state index contributed by atoms with van der Waals surface area (Å²) in [7, 11) is 0. The summed E-state index contributed by atoms with van der Waals surface area (Å²) in [4.78, 5) is 27.9. The maximum absolute atomic E-state index is 13.0. The molecule has 3 rings (SSSR count). The Labute approximate surface area is 139 Å². The normalized spacial score (nSPS) is 22.8. The minimum absolute atomic E-state index is 0.153. The van der Waals surface area contributed by atoms with E-state index in [9.17, 15) is 9.59 Å². The zero-order valence-electron chi connectivity index (χ0n) is 13.6. The Morgan fingerprint density at radius 2 is 2.08 bits per heavy atom. The number of aliphatic hydroxyl groups is 1. The van der Waals surface area contributed by atoms with Crippen LogP contribution in [0.3, 0.4) is 0 Å². The molecule has 0 saturated carbocycles. The van der Waals surface area contributed by atoms with E-state index in [0.717, 1.165) is 11.8 Å². The number of H-pyrrole nitrogens is 1. The lowest BCUT2D eigenvalue weighted by atomic mass is 9.77. The number of aromatic amines is 1. The Bertz CT molecular complexity index is 853. The van der Waals surface area contributed by atoms with Gasteiger partial charge in [-0.25, -0.2) is 0 Å². The van der Waals surface area contributed by atoms with E-state index in [1.807, 2.05) is 30.3 Å². The van der Waals surface area contributed by atoms with Gasteiger partial charge in [0.15, 0.2) is 11.3 Å². The van der Waals surface area contributed by atoms with Crippen molar-refractivity contribution in [3.63, 3.8) is 0 Å². The summed E-state index contributed by atoms with van der Waals surface area (Å²) in [6.45, 7) is 3.31. The second-order valence-electron chi connectivity index (χ2n) is 6.13. The number of aromatic nitrogens is 1. The number of hydrogen-bond acceptors (Lipinski definition) is 4. The standard InChI is InChI=1S/C19H19NO4/c1-12(8-9-21)17-19(2,11-22)15-16(23)14(10-20-18(15)24-17)13-6-4-3-5-7-13/h3-8,10-11,17,21H,9H2,1-2H3,(H,20,23). The number of benzene rings is 1. The van der Waals surface area contributed by atoms with Crippen molar-refractivity contribution in [1.29, 1.82) is 0 Å². The highest BCUT2D eigenvalue weighted by atomic mass is 16.5. The molecule has 0 fully saturated rings. The molecule has 5 nitrogen and oxygen atoms in total. The first-order valence-corrected chi connectivity index (χ1v) is 7.75. The molecular weight excluding hydrogens is 306 g/mol. The minimum Gasteiger partial charge on any atom is -0.469 e. The number of nitrogens with one attached hydrogen (secondary N) is 1. The zero-order valence-corrected chi connectivity index (χ0v) is 13.6. The molecule has 24 heavy (non-hydrogen) atoms. The van der Waals surface area contributed by atoms with Gasteiger partial charge in [-0.3, -0.25) is 4.79 Å². The first kappa shape index (κ1) is 16.2. The quantitative estimate of drug-likeness (QED) is 0.667. The second kappa shape index (κ2) is 6.09. The Morgan fingerprint density at radius 3 is 2.71 bits per heavy atom. The number of rotatable bonds is 4. The van der Waals surface area contributed by atoms with Gasteiger partial charge in [0.05, 0.1) is 17.6 Å². The number of carbonyl (C=O) groups is 1. The molecule has 5 heteroatoms. The summed E-state index contributed by atoms with van der Waals surface area (Å²) in [6.07, 6.45) is 3.32. The van der Waals surface area contributed by atoms with Gasteiger partial charge in [-0.05, 0) is 25.0 Å². The van der Waals surface area contributed by atoms with Crippen LogP contribution in [0.25, 0.3) is 11.1 Å². The number of aliphatic hydroxyl groups excluding tert-OH is 1. The van der Waals surface area contributed by atoms with E-state index in [0.29, 0.717) is 22.6 Å². The smallest absolute Gasteiger partial charge is 0.199 e. The highest BCUT2D eigenvalue weighted by Crippen LogP contribution is 2.41. The molecule has 1 aliphatic heterocycles. The molecular formula is C19H19NO4. The fourth-order valence-electron chi connectivity index (χ4n) is 3.24. The molecule has 0 spiro atoms. The van der Waals surface area contributed by atoms with Crippen LogP contribution >= 0.6 is 0 Å². The third-order valence-electron chi connectivity index (χ3n) is 4.52. The van der Waals surface area contributed by atoms with Crippen LogP contribution in [0.2, 0.25) is 0 Å². The van der Waals surface area contributed by atoms with Crippen LogP contribution in [0.5, 0.6) is 5.88 Å². The summed E-state index contributed by atoms with van der Waals surface area (Å²) in [6, 6.07) is 9.28. The summed E-state index contributed by atoms with van der Waals surface area (Å²) >= 11 is 0. The van der Waals surface area contributed by atoms with E-state index in [4.69, 9.17) is 9.84 Å². The Kier molecular flexibility index (Phi) is 4.11. The van der Waals surface area contributed by atoms with Crippen molar-refractivity contribution in [2.75, 3.05) is 6.61 Å². The van der Waals surface area contributed by atoms with Gasteiger partial charge in [-0.15, -0.1) is 0 Å². The Hall–Kier alpha value is -2.66. The average Bonchev–Trinajstić information content (AvgIpc) is 2.90. The van der Waals surface area contributed by atoms with E-state index in [-0.39, 0.29) is 12.0 Å². The first-order chi connectivity index (χ1) is 11.5. The average molecular weight is 325 g/mol. The van der Waals surface area contributed by atoms with Crippen LogP contribution in [0.1, 0.15) is 19.4 Å². The van der Waals surface area contributed by atoms with E-state index in [1.165, 1.54) is 0 Å². The second-order valence-corrected chi connectivity index (χ2v) is 6.13. The largest absolute Gasteiger partial charge is 0.469 e. The van der Waals surface area contributed by atoms with Crippen molar-refractivity contribution in [3.8, 4) is 17.0 Å². The van der Waals surface area contributed by atoms with E-state index in [1.54, 1.807) is 26.1 Å². The predicted octanol–water partition coefficient (Wildman–Crippen LogP) is 2.20. The molecule has 0 bridgehead atoms. The third kappa shape index (κ3) is 2.37. The minimum atomic E-state index is -1.11. The highest BCUT2D eigenvalue weighted by Gasteiger charge is 2.49. The van der Waals surface area contributed by atoms with Crippen LogP contribution in [-0.2, 0) is 10.2 Å². The van der Waals surface area contributed by atoms with Crippen molar-refractivity contribution in [1.82, 2.24) is 4.98 Å². The molecule has 1 aromatic carbocycles. The molecule has 0 saturated heterocycles. The summed E-state index contributed by atoms with van der Waals surface area (Å²) in [5.74, 6) is 0.310. The molecule has 2 N–H and O–H groups in total. The number of ether oxygens (including phenoxy) is 1. The fourth-order valence-corrected chi connectivity index (χ4v) is 3.24. The molecule has 2 atom stereocenters. The molecule has 124 valence electrons. The number of pyridine rings is 1. The van der Waals surface area contributed by atoms with Crippen molar-refractivity contribution in [2.45, 2.75) is 25.4 Å². The van der Waals surface area contributed by atoms with Gasteiger partial charge in [-0.1, -0.05) is 36.4 Å². The predicted molar refractivity (Wildman–Crippen MR) is 91.2 cm³/mol. The van der Waals surface area contributed by atoms with Gasteiger partial charge in [0.25, 0.3) is 0 Å². The lowest BCUT2D eigenvalue weighted by Crippen LogP contribution is -2.40. The number of aldehydes is 1. The maximum Gasteiger partial charge on any atom is 0.199 e. The van der Waals surface area contributed by atoms with Gasteiger partial charge >= 0.3 is 0 Å². The van der Waals surface area contributed by atoms with Gasteiger partial charge in [0.1, 0.15) is 12.4 Å². The fraction of sp³-hybridized carbons (Fsp3) is 0.263. The molecule has 2 aromatic rings. The van der Waals surface area contributed by atoms with Crippen LogP contribution in [0, 0.1) is 0 Å². The van der Waals surface area contributed by atoms with Gasteiger partial charge < -0.3 is 19.6 Å². The van der Waals surface area contributed by atoms with Gasteiger partial charge in [0, 0.05) is 11.8 Å². The lowest BCUT2D eigenvalue weighted by Gasteiger charge is -2.24. The van der Waals surface area contributed by atoms with Crippen molar-refractivity contribution < 1.29 is 14.6 Å². The number of carbonyl (C=O) groups excluding carboxylic acids is 1. The van der Waals surface area contributed by atoms with E-state index < -0.39 is 11.5 Å². The number of fused-ring (bicyclic) bond motifs is 1. The summed E-state index contributed by atoms with van der Waals surface area (Å²) in [5, 5.41) is 9.11. The molecule has 1 aliphatic rings. The molecule has 1 aromatic heterocycles. The first-order valence-electron chi connectivity index (χ1n) is 7.75. The van der Waals surface area contributed by atoms with Crippen LogP contribution in [0.15, 0.2) is 53.0 Å². The Morgan fingerprint density at radius 1 is 1.38 bits per heavy atom. The van der Waals surface area contributed by atoms with E-state index >= 15 is 0 Å². The zero-order chi connectivity index (χ0) is 17.3. The van der Waals surface area contributed by atoms with Crippen molar-refractivity contribution >= 4 is 6.29 Å². The molecule has 0 aliphatic carbocycles. The highest BCUT2D eigenvalue weighted by molar-refractivity contribution is 5.76. The Balaban J connectivity index is 2.19. The summed E-state index contributed by atoms with van der Waals surface area (Å²) < 4.78 is 5.83. The van der Waals surface area contributed by atoms with Crippen LogP contribution < -0.4 is 10.2 Å². The number of hydrogen-bond donors (Lipinski definition) is 2. The van der Waals surface area contributed by atoms with Crippen molar-refractivity contribution in [3.05, 3.63) is 64.0 Å². The molecule has 0 amide bonds. The van der Waals surface area contributed by atoms with Crippen LogP contribution in [0.4, 0.5) is 0 Å². The maximum atomic E-state index is 13.0. The van der Waals surface area contributed by atoms with Crippen molar-refractivity contribution in [2.24, 2.45) is 0 Å². The van der Waals surface area contributed by atoms with Gasteiger partial charge in [-0.2, -0.15) is 0 Å². The summed E-state index contributed by atoms with van der Waals surface area (Å²) in [5.41, 5.74) is 0.982. The van der Waals surface area contributed by atoms with Crippen LogP contribution in [-0.4, -0.2) is 29.1 Å². The third-order valence-corrected chi connectivity index (χ3v) is 4.52. The van der Waals surface area contributed by atoms with Gasteiger partial charge in [0.2, 0.25) is 0 Å².